The number of nitrogens with one attached hydrogen (secondary N) is 1. The monoisotopic (exact) mass is 536 g/mol. The van der Waals surface area contributed by atoms with Gasteiger partial charge in [0.15, 0.2) is 11.6 Å². The molecule has 11 nitrogen and oxygen atoms in total. The molecule has 38 heavy (non-hydrogen) atoms. The van der Waals surface area contributed by atoms with E-state index in [4.69, 9.17) is 21.3 Å². The summed E-state index contributed by atoms with van der Waals surface area (Å²) in [4.78, 5) is 46.0. The molecule has 1 unspecified atom stereocenters. The second kappa shape index (κ2) is 10.1. The van der Waals surface area contributed by atoms with E-state index in [1.807, 2.05) is 44.8 Å². The van der Waals surface area contributed by atoms with Gasteiger partial charge in [0.25, 0.3) is 5.56 Å². The first-order chi connectivity index (χ1) is 18.1. The van der Waals surface area contributed by atoms with Gasteiger partial charge in [-0.1, -0.05) is 17.7 Å². The molecule has 3 aromatic heterocycles. The fraction of sp³-hybridized carbons (Fsp3) is 0.385. The van der Waals surface area contributed by atoms with E-state index >= 15 is 0 Å². The largest absolute Gasteiger partial charge is 0.444 e. The quantitative estimate of drug-likeness (QED) is 0.416. The van der Waals surface area contributed by atoms with E-state index in [2.05, 4.69) is 20.3 Å². The Morgan fingerprint density at radius 2 is 1.79 bits per heavy atom. The average Bonchev–Trinajstić information content (AvgIpc) is 2.88. The zero-order chi connectivity index (χ0) is 27.0. The number of halogens is 1. The maximum absolute atomic E-state index is 13.9. The number of rotatable bonds is 4. The number of benzene rings is 1. The summed E-state index contributed by atoms with van der Waals surface area (Å²) in [5.41, 5.74) is 0.955. The number of nitrogens with zero attached hydrogens (tertiary/aromatic N) is 7. The average molecular weight is 537 g/mol. The lowest BCUT2D eigenvalue weighted by atomic mass is 10.2. The maximum Gasteiger partial charge on any atom is 0.410 e. The molecule has 1 saturated heterocycles. The number of ether oxygens (including phenoxy) is 1. The van der Waals surface area contributed by atoms with Gasteiger partial charge >= 0.3 is 6.09 Å². The lowest BCUT2D eigenvalue weighted by Gasteiger charge is -2.38. The Morgan fingerprint density at radius 1 is 1.05 bits per heavy atom. The molecule has 0 bridgehead atoms. The molecule has 4 heterocycles. The van der Waals surface area contributed by atoms with E-state index in [0.717, 1.165) is 0 Å². The molecule has 0 radical (unpaired) electrons. The zero-order valence-corrected chi connectivity index (χ0v) is 22.4. The fourth-order valence-corrected chi connectivity index (χ4v) is 4.68. The molecule has 0 aliphatic carbocycles. The molecule has 0 saturated carbocycles. The Balaban J connectivity index is 1.51. The first-order valence-electron chi connectivity index (χ1n) is 12.4. The van der Waals surface area contributed by atoms with Gasteiger partial charge in [-0.2, -0.15) is 0 Å². The van der Waals surface area contributed by atoms with Crippen molar-refractivity contribution in [2.75, 3.05) is 36.5 Å². The first-order valence-corrected chi connectivity index (χ1v) is 12.8. The highest BCUT2D eigenvalue weighted by atomic mass is 35.5. The van der Waals surface area contributed by atoms with Crippen LogP contribution in [-0.4, -0.2) is 67.4 Å². The summed E-state index contributed by atoms with van der Waals surface area (Å²) < 4.78 is 7.09. The Hall–Kier alpha value is -3.99. The Kier molecular flexibility index (Phi) is 6.78. The Labute approximate surface area is 224 Å². The summed E-state index contributed by atoms with van der Waals surface area (Å²) in [5, 5.41) is 5.93. The highest BCUT2D eigenvalue weighted by molar-refractivity contribution is 6.35. The van der Waals surface area contributed by atoms with Gasteiger partial charge in [0, 0.05) is 19.3 Å². The van der Waals surface area contributed by atoms with Crippen LogP contribution < -0.4 is 15.9 Å². The van der Waals surface area contributed by atoms with Crippen LogP contribution in [-0.2, 0) is 4.74 Å². The van der Waals surface area contributed by atoms with E-state index in [1.165, 1.54) is 6.33 Å². The number of carbonyl (C=O) groups excluding carboxylic acids is 1. The van der Waals surface area contributed by atoms with E-state index in [0.29, 0.717) is 64.8 Å². The van der Waals surface area contributed by atoms with Gasteiger partial charge in [-0.3, -0.25) is 9.78 Å². The van der Waals surface area contributed by atoms with Crippen LogP contribution in [0.1, 0.15) is 39.6 Å². The van der Waals surface area contributed by atoms with E-state index in [1.54, 1.807) is 34.0 Å². The van der Waals surface area contributed by atoms with Gasteiger partial charge in [-0.25, -0.2) is 24.4 Å². The van der Waals surface area contributed by atoms with Gasteiger partial charge in [-0.05, 0) is 52.0 Å². The number of anilines is 1. The summed E-state index contributed by atoms with van der Waals surface area (Å²) in [6, 6.07) is 8.45. The van der Waals surface area contributed by atoms with E-state index < -0.39 is 11.6 Å². The van der Waals surface area contributed by atoms with Gasteiger partial charge < -0.3 is 20.0 Å². The predicted molar refractivity (Wildman–Crippen MR) is 146 cm³/mol. The predicted octanol–water partition coefficient (Wildman–Crippen LogP) is 3.75. The smallest absolute Gasteiger partial charge is 0.410 e. The van der Waals surface area contributed by atoms with Gasteiger partial charge in [0.1, 0.15) is 17.4 Å². The third kappa shape index (κ3) is 5.06. The molecule has 12 heteroatoms. The van der Waals surface area contributed by atoms with Crippen molar-refractivity contribution in [1.29, 1.82) is 0 Å². The number of amides is 1. The van der Waals surface area contributed by atoms with Crippen molar-refractivity contribution in [3.05, 3.63) is 64.1 Å². The van der Waals surface area contributed by atoms with Crippen molar-refractivity contribution in [1.82, 2.24) is 29.5 Å². The van der Waals surface area contributed by atoms with Crippen molar-refractivity contribution < 1.29 is 9.53 Å². The molecule has 1 N–H and O–H groups in total. The summed E-state index contributed by atoms with van der Waals surface area (Å²) in [7, 11) is 0. The second-order valence-electron chi connectivity index (χ2n) is 10.1. The van der Waals surface area contributed by atoms with Gasteiger partial charge in [-0.15, -0.1) is 0 Å². The summed E-state index contributed by atoms with van der Waals surface area (Å²) in [5.74, 6) is 1.02. The molecular formula is C26H29ClN8O3. The number of aromatic nitrogens is 5. The second-order valence-corrected chi connectivity index (χ2v) is 10.5. The molecule has 1 aliphatic heterocycles. The minimum absolute atomic E-state index is 0.277. The van der Waals surface area contributed by atoms with Crippen LogP contribution >= 0.6 is 11.6 Å². The topological polar surface area (TPSA) is 118 Å². The SMILES string of the molecule is CC(Nc1ncnc2cccnc12)c1nc2cccc(Cl)c2c(=O)n1N1CCN(C(=O)OC(C)(C)C)CC1. The van der Waals surface area contributed by atoms with Crippen LogP contribution in [0, 0.1) is 0 Å². The maximum atomic E-state index is 13.9. The Bertz CT molecular complexity index is 1550. The van der Waals surface area contributed by atoms with Crippen molar-refractivity contribution in [3.63, 3.8) is 0 Å². The molecule has 198 valence electrons. The van der Waals surface area contributed by atoms with Crippen molar-refractivity contribution in [3.8, 4) is 0 Å². The van der Waals surface area contributed by atoms with E-state index in [9.17, 15) is 9.59 Å². The molecule has 5 rings (SSSR count). The molecule has 1 fully saturated rings. The minimum Gasteiger partial charge on any atom is -0.444 e. The lowest BCUT2D eigenvalue weighted by molar-refractivity contribution is 0.0231. The standard InChI is InChI=1S/C26H29ClN8O3/c1-16(31-22-21-19(29-15-30-22)9-6-10-28-21)23-32-18-8-5-7-17(27)20(18)24(36)35(23)34-13-11-33(12-14-34)25(37)38-26(2,3)4/h5-10,15-16H,11-14H2,1-4H3,(H,29,30,31). The molecule has 1 amide bonds. The van der Waals surface area contributed by atoms with Crippen LogP contribution in [0.15, 0.2) is 47.7 Å². The third-order valence-corrected chi connectivity index (χ3v) is 6.49. The fourth-order valence-electron chi connectivity index (χ4n) is 4.43. The minimum atomic E-state index is -0.585. The zero-order valence-electron chi connectivity index (χ0n) is 21.7. The summed E-state index contributed by atoms with van der Waals surface area (Å²) in [6.07, 6.45) is 2.77. The third-order valence-electron chi connectivity index (χ3n) is 6.18. The molecule has 1 atom stereocenters. The highest BCUT2D eigenvalue weighted by Gasteiger charge is 2.29. The van der Waals surface area contributed by atoms with Crippen LogP contribution in [0.5, 0.6) is 0 Å². The van der Waals surface area contributed by atoms with Crippen LogP contribution in [0.4, 0.5) is 10.6 Å². The number of hydrogen-bond donors (Lipinski definition) is 1. The van der Waals surface area contributed by atoms with Gasteiger partial charge in [0.05, 0.1) is 40.6 Å². The number of fused-ring (bicyclic) bond motifs is 2. The van der Waals surface area contributed by atoms with Crippen LogP contribution in [0.25, 0.3) is 21.9 Å². The van der Waals surface area contributed by atoms with Crippen molar-refractivity contribution in [2.45, 2.75) is 39.3 Å². The lowest BCUT2D eigenvalue weighted by Crippen LogP contribution is -2.57. The van der Waals surface area contributed by atoms with E-state index in [-0.39, 0.29) is 11.7 Å². The van der Waals surface area contributed by atoms with Crippen LogP contribution in [0.2, 0.25) is 5.02 Å². The van der Waals surface area contributed by atoms with Gasteiger partial charge in [0.2, 0.25) is 0 Å². The summed E-state index contributed by atoms with van der Waals surface area (Å²) in [6.45, 7) is 9.02. The first kappa shape index (κ1) is 25.7. The number of pyridine rings is 1. The number of piperazine rings is 1. The molecule has 0 spiro atoms. The molecule has 1 aliphatic rings. The highest BCUT2D eigenvalue weighted by Crippen LogP contribution is 2.25. The van der Waals surface area contributed by atoms with Crippen molar-refractivity contribution in [2.24, 2.45) is 0 Å². The van der Waals surface area contributed by atoms with Crippen LogP contribution in [0.3, 0.4) is 0 Å². The molecule has 1 aromatic carbocycles. The Morgan fingerprint density at radius 3 is 2.53 bits per heavy atom. The summed E-state index contributed by atoms with van der Waals surface area (Å²) >= 11 is 6.44. The molecular weight excluding hydrogens is 508 g/mol. The normalized spacial score (nSPS) is 15.1. The number of carbonyl (C=O) groups is 1. The van der Waals surface area contributed by atoms with Crippen molar-refractivity contribution >= 4 is 45.4 Å². The molecule has 4 aromatic rings. The number of hydrogen-bond acceptors (Lipinski definition) is 9.